The smallest absolute Gasteiger partial charge is 0.315 e. The highest BCUT2D eigenvalue weighted by Crippen LogP contribution is 2.19. The van der Waals surface area contributed by atoms with Crippen LogP contribution in [0.1, 0.15) is 48.9 Å². The highest BCUT2D eigenvalue weighted by atomic mass is 16.3. The van der Waals surface area contributed by atoms with Crippen LogP contribution in [-0.2, 0) is 0 Å². The Bertz CT molecular complexity index is 515. The zero-order valence-corrected chi connectivity index (χ0v) is 13.4. The number of furan rings is 1. The lowest BCUT2D eigenvalue weighted by molar-refractivity contribution is 0.0689. The molecule has 2 fully saturated rings. The third-order valence-corrected chi connectivity index (χ3v) is 4.91. The van der Waals surface area contributed by atoms with Gasteiger partial charge in [0.05, 0.1) is 11.8 Å². The minimum absolute atomic E-state index is 0.0316. The standard InChI is InChI=1S/C17H25N3O3/c21-16(14-7-10-23-12-14)20-8-5-13(6-9-20)11-18-17(22)19-15-3-1-2-4-15/h7,10,12-13,15H,1-6,8-9,11H2,(H2,18,19,22). The lowest BCUT2D eigenvalue weighted by Gasteiger charge is -2.32. The van der Waals surface area contributed by atoms with E-state index in [0.29, 0.717) is 24.1 Å². The Kier molecular flexibility index (Phi) is 5.20. The summed E-state index contributed by atoms with van der Waals surface area (Å²) < 4.78 is 4.97. The first-order valence-corrected chi connectivity index (χ1v) is 8.58. The number of nitrogens with zero attached hydrogens (tertiary/aromatic N) is 1. The van der Waals surface area contributed by atoms with Crippen LogP contribution in [0.25, 0.3) is 0 Å². The molecule has 2 heterocycles. The summed E-state index contributed by atoms with van der Waals surface area (Å²) in [5.41, 5.74) is 0.609. The molecule has 23 heavy (non-hydrogen) atoms. The topological polar surface area (TPSA) is 74.6 Å². The fourth-order valence-electron chi connectivity index (χ4n) is 3.45. The number of hydrogen-bond donors (Lipinski definition) is 2. The van der Waals surface area contributed by atoms with E-state index >= 15 is 0 Å². The maximum atomic E-state index is 12.2. The second kappa shape index (κ2) is 7.53. The van der Waals surface area contributed by atoms with Crippen molar-refractivity contribution in [2.75, 3.05) is 19.6 Å². The lowest BCUT2D eigenvalue weighted by atomic mass is 9.96. The quantitative estimate of drug-likeness (QED) is 0.895. The predicted octanol–water partition coefficient (Wildman–Crippen LogP) is 2.37. The number of carbonyl (C=O) groups excluding carboxylic acids is 2. The van der Waals surface area contributed by atoms with Gasteiger partial charge in [0.25, 0.3) is 5.91 Å². The number of rotatable bonds is 4. The molecule has 2 aliphatic rings. The highest BCUT2D eigenvalue weighted by Gasteiger charge is 2.24. The molecule has 3 amide bonds. The number of amides is 3. The fourth-order valence-corrected chi connectivity index (χ4v) is 3.45. The molecule has 6 nitrogen and oxygen atoms in total. The first-order chi connectivity index (χ1) is 11.2. The molecule has 3 rings (SSSR count). The van der Waals surface area contributed by atoms with Gasteiger partial charge in [0, 0.05) is 25.7 Å². The van der Waals surface area contributed by atoms with E-state index in [1.165, 1.54) is 25.4 Å². The number of urea groups is 1. The van der Waals surface area contributed by atoms with Crippen LogP contribution in [0, 0.1) is 5.92 Å². The Labute approximate surface area is 136 Å². The van der Waals surface area contributed by atoms with Crippen LogP contribution in [0.15, 0.2) is 23.0 Å². The molecule has 0 unspecified atom stereocenters. The monoisotopic (exact) mass is 319 g/mol. The Hall–Kier alpha value is -1.98. The van der Waals surface area contributed by atoms with Crippen molar-refractivity contribution < 1.29 is 14.0 Å². The van der Waals surface area contributed by atoms with Gasteiger partial charge in [-0.15, -0.1) is 0 Å². The van der Waals surface area contributed by atoms with Crippen molar-refractivity contribution in [1.82, 2.24) is 15.5 Å². The molecule has 1 saturated carbocycles. The third kappa shape index (κ3) is 4.27. The van der Waals surface area contributed by atoms with E-state index in [4.69, 9.17) is 4.42 Å². The molecule has 0 atom stereocenters. The number of nitrogens with one attached hydrogen (secondary N) is 2. The maximum absolute atomic E-state index is 12.2. The first kappa shape index (κ1) is 15.9. The normalized spacial score (nSPS) is 19.7. The Balaban J connectivity index is 1.36. The van der Waals surface area contributed by atoms with Gasteiger partial charge in [-0.1, -0.05) is 12.8 Å². The molecule has 126 valence electrons. The zero-order chi connectivity index (χ0) is 16.1. The van der Waals surface area contributed by atoms with Gasteiger partial charge < -0.3 is 20.0 Å². The summed E-state index contributed by atoms with van der Waals surface area (Å²) in [4.78, 5) is 25.9. The summed E-state index contributed by atoms with van der Waals surface area (Å²) in [6.45, 7) is 2.16. The summed E-state index contributed by atoms with van der Waals surface area (Å²) in [6.07, 6.45) is 9.49. The summed E-state index contributed by atoms with van der Waals surface area (Å²) in [5.74, 6) is 0.474. The van der Waals surface area contributed by atoms with Gasteiger partial charge in [0.2, 0.25) is 0 Å². The van der Waals surface area contributed by atoms with Gasteiger partial charge in [-0.25, -0.2) is 4.79 Å². The molecule has 0 bridgehead atoms. The fraction of sp³-hybridized carbons (Fsp3) is 0.647. The van der Waals surface area contributed by atoms with E-state index in [0.717, 1.165) is 38.8 Å². The van der Waals surface area contributed by atoms with Gasteiger partial charge in [-0.2, -0.15) is 0 Å². The van der Waals surface area contributed by atoms with Crippen molar-refractivity contribution in [3.05, 3.63) is 24.2 Å². The van der Waals surface area contributed by atoms with Gasteiger partial charge in [0.1, 0.15) is 6.26 Å². The number of likely N-dealkylation sites (tertiary alicyclic amines) is 1. The number of piperidine rings is 1. The third-order valence-electron chi connectivity index (χ3n) is 4.91. The van der Waals surface area contributed by atoms with Gasteiger partial charge in [-0.05, 0) is 37.7 Å². The molecule has 1 aliphatic carbocycles. The van der Waals surface area contributed by atoms with Crippen LogP contribution in [-0.4, -0.2) is 42.5 Å². The van der Waals surface area contributed by atoms with Crippen LogP contribution in [0.2, 0.25) is 0 Å². The molecule has 1 saturated heterocycles. The molecule has 2 N–H and O–H groups in total. The van der Waals surface area contributed by atoms with Crippen LogP contribution in [0.4, 0.5) is 4.79 Å². The highest BCUT2D eigenvalue weighted by molar-refractivity contribution is 5.93. The molecule has 0 aromatic carbocycles. The number of hydrogen-bond acceptors (Lipinski definition) is 3. The lowest BCUT2D eigenvalue weighted by Crippen LogP contribution is -2.45. The zero-order valence-electron chi connectivity index (χ0n) is 13.4. The van der Waals surface area contributed by atoms with Gasteiger partial charge in [0.15, 0.2) is 0 Å². The van der Waals surface area contributed by atoms with Crippen LogP contribution < -0.4 is 10.6 Å². The van der Waals surface area contributed by atoms with E-state index in [-0.39, 0.29) is 11.9 Å². The molecule has 1 aliphatic heterocycles. The van der Waals surface area contributed by atoms with E-state index in [1.54, 1.807) is 6.07 Å². The summed E-state index contributed by atoms with van der Waals surface area (Å²) >= 11 is 0. The van der Waals surface area contributed by atoms with Gasteiger partial charge >= 0.3 is 6.03 Å². The molecule has 1 aromatic heterocycles. The predicted molar refractivity (Wildman–Crippen MR) is 86.1 cm³/mol. The molecular formula is C17H25N3O3. The van der Waals surface area contributed by atoms with Gasteiger partial charge in [-0.3, -0.25) is 4.79 Å². The second-order valence-corrected chi connectivity index (χ2v) is 6.58. The molecule has 0 spiro atoms. The number of carbonyl (C=O) groups is 2. The minimum Gasteiger partial charge on any atom is -0.472 e. The van der Waals surface area contributed by atoms with Crippen LogP contribution in [0.5, 0.6) is 0 Å². The van der Waals surface area contributed by atoms with Crippen molar-refractivity contribution in [3.63, 3.8) is 0 Å². The second-order valence-electron chi connectivity index (χ2n) is 6.58. The summed E-state index contributed by atoms with van der Waals surface area (Å²) in [5, 5.41) is 6.02. The average Bonchev–Trinajstić information content (AvgIpc) is 3.26. The van der Waals surface area contributed by atoms with E-state index in [1.807, 2.05) is 4.90 Å². The minimum atomic E-state index is -0.0474. The van der Waals surface area contributed by atoms with Crippen LogP contribution >= 0.6 is 0 Å². The largest absolute Gasteiger partial charge is 0.472 e. The molecular weight excluding hydrogens is 294 g/mol. The van der Waals surface area contributed by atoms with E-state index < -0.39 is 0 Å². The Morgan fingerprint density at radius 3 is 2.57 bits per heavy atom. The first-order valence-electron chi connectivity index (χ1n) is 8.58. The Morgan fingerprint density at radius 2 is 1.91 bits per heavy atom. The summed E-state index contributed by atoms with van der Waals surface area (Å²) in [7, 11) is 0. The Morgan fingerprint density at radius 1 is 1.17 bits per heavy atom. The average molecular weight is 319 g/mol. The van der Waals surface area contributed by atoms with Crippen molar-refractivity contribution in [3.8, 4) is 0 Å². The van der Waals surface area contributed by atoms with E-state index in [9.17, 15) is 9.59 Å². The van der Waals surface area contributed by atoms with Crippen molar-refractivity contribution in [2.45, 2.75) is 44.6 Å². The molecule has 1 aromatic rings. The molecule has 0 radical (unpaired) electrons. The summed E-state index contributed by atoms with van der Waals surface area (Å²) in [6, 6.07) is 2.00. The SMILES string of the molecule is O=C(NCC1CCN(C(=O)c2ccoc2)CC1)NC1CCCC1. The van der Waals surface area contributed by atoms with E-state index in [2.05, 4.69) is 10.6 Å². The van der Waals surface area contributed by atoms with Crippen molar-refractivity contribution >= 4 is 11.9 Å². The van der Waals surface area contributed by atoms with Crippen molar-refractivity contribution in [1.29, 1.82) is 0 Å². The maximum Gasteiger partial charge on any atom is 0.315 e. The van der Waals surface area contributed by atoms with Crippen molar-refractivity contribution in [2.24, 2.45) is 5.92 Å². The molecule has 6 heteroatoms. The van der Waals surface area contributed by atoms with Crippen LogP contribution in [0.3, 0.4) is 0 Å².